The summed E-state index contributed by atoms with van der Waals surface area (Å²) < 4.78 is 4.96. The standard InChI is InChI=1S/C13H18N2O4/c1-3-15(18-2)12(16)9-14-13(17)19-10-11-7-5-4-6-8-11/h4-8H,3,9-10H2,1-2H3,(H,14,17). The zero-order chi connectivity index (χ0) is 14.1. The van der Waals surface area contributed by atoms with Gasteiger partial charge in [0.1, 0.15) is 13.2 Å². The van der Waals surface area contributed by atoms with Gasteiger partial charge in [-0.1, -0.05) is 30.3 Å². The van der Waals surface area contributed by atoms with Gasteiger partial charge >= 0.3 is 6.09 Å². The second kappa shape index (κ2) is 8.10. The van der Waals surface area contributed by atoms with E-state index in [1.807, 2.05) is 30.3 Å². The first kappa shape index (κ1) is 15.0. The molecule has 0 radical (unpaired) electrons. The molecule has 0 fully saturated rings. The number of benzene rings is 1. The molecule has 0 unspecified atom stereocenters. The summed E-state index contributed by atoms with van der Waals surface area (Å²) in [6.07, 6.45) is -0.635. The van der Waals surface area contributed by atoms with Crippen molar-refractivity contribution in [2.45, 2.75) is 13.5 Å². The molecule has 0 aliphatic carbocycles. The van der Waals surface area contributed by atoms with E-state index in [0.717, 1.165) is 10.6 Å². The fourth-order valence-electron chi connectivity index (χ4n) is 1.42. The molecule has 1 aromatic carbocycles. The number of rotatable bonds is 6. The average molecular weight is 266 g/mol. The quantitative estimate of drug-likeness (QED) is 0.789. The first-order chi connectivity index (χ1) is 9.17. The van der Waals surface area contributed by atoms with E-state index in [4.69, 9.17) is 9.57 Å². The van der Waals surface area contributed by atoms with E-state index in [1.165, 1.54) is 7.11 Å². The zero-order valence-electron chi connectivity index (χ0n) is 11.1. The minimum absolute atomic E-state index is 0.157. The minimum Gasteiger partial charge on any atom is -0.445 e. The summed E-state index contributed by atoms with van der Waals surface area (Å²) in [6.45, 7) is 2.20. The van der Waals surface area contributed by atoms with Crippen LogP contribution < -0.4 is 5.32 Å². The Morgan fingerprint density at radius 2 is 1.95 bits per heavy atom. The number of amides is 2. The van der Waals surface area contributed by atoms with Gasteiger partial charge in [-0.15, -0.1) is 0 Å². The number of alkyl carbamates (subject to hydrolysis) is 1. The van der Waals surface area contributed by atoms with E-state index in [2.05, 4.69) is 5.32 Å². The van der Waals surface area contributed by atoms with Gasteiger partial charge in [0.25, 0.3) is 5.91 Å². The van der Waals surface area contributed by atoms with Crippen LogP contribution in [-0.4, -0.2) is 37.3 Å². The summed E-state index contributed by atoms with van der Waals surface area (Å²) >= 11 is 0. The molecule has 0 spiro atoms. The van der Waals surface area contributed by atoms with Crippen molar-refractivity contribution in [3.8, 4) is 0 Å². The van der Waals surface area contributed by atoms with E-state index < -0.39 is 6.09 Å². The van der Waals surface area contributed by atoms with E-state index in [-0.39, 0.29) is 19.1 Å². The number of likely N-dealkylation sites (N-methyl/N-ethyl adjacent to an activating group) is 1. The number of hydroxylamine groups is 2. The third-order valence-corrected chi connectivity index (χ3v) is 2.38. The van der Waals surface area contributed by atoms with Gasteiger partial charge < -0.3 is 10.1 Å². The number of hydrogen-bond donors (Lipinski definition) is 1. The molecule has 0 saturated carbocycles. The second-order valence-electron chi connectivity index (χ2n) is 3.69. The van der Waals surface area contributed by atoms with Crippen LogP contribution in [0.4, 0.5) is 4.79 Å². The summed E-state index contributed by atoms with van der Waals surface area (Å²) in [4.78, 5) is 27.7. The topological polar surface area (TPSA) is 67.9 Å². The zero-order valence-corrected chi connectivity index (χ0v) is 11.1. The second-order valence-corrected chi connectivity index (χ2v) is 3.69. The Kier molecular flexibility index (Phi) is 6.38. The number of carbonyl (C=O) groups is 2. The van der Waals surface area contributed by atoms with Gasteiger partial charge in [-0.3, -0.25) is 9.63 Å². The molecule has 6 nitrogen and oxygen atoms in total. The highest BCUT2D eigenvalue weighted by molar-refractivity contribution is 5.81. The van der Waals surface area contributed by atoms with Crippen LogP contribution >= 0.6 is 0 Å². The Morgan fingerprint density at radius 1 is 1.26 bits per heavy atom. The predicted octanol–water partition coefficient (Wildman–Crippen LogP) is 1.32. The van der Waals surface area contributed by atoms with Crippen LogP contribution in [0.1, 0.15) is 12.5 Å². The van der Waals surface area contributed by atoms with Gasteiger partial charge in [0, 0.05) is 6.54 Å². The molecule has 2 amide bonds. The van der Waals surface area contributed by atoms with Crippen LogP contribution in [0.2, 0.25) is 0 Å². The number of nitrogens with zero attached hydrogens (tertiary/aromatic N) is 1. The third-order valence-electron chi connectivity index (χ3n) is 2.38. The molecule has 0 aliphatic rings. The monoisotopic (exact) mass is 266 g/mol. The molecule has 104 valence electrons. The lowest BCUT2D eigenvalue weighted by Crippen LogP contribution is -2.39. The summed E-state index contributed by atoms with van der Waals surface area (Å²) in [5, 5.41) is 3.52. The van der Waals surface area contributed by atoms with E-state index in [0.29, 0.717) is 6.54 Å². The lowest BCUT2D eigenvalue weighted by molar-refractivity contribution is -0.173. The molecule has 0 aliphatic heterocycles. The van der Waals surface area contributed by atoms with Gasteiger partial charge in [0.2, 0.25) is 0 Å². The van der Waals surface area contributed by atoms with Crippen LogP contribution in [0.5, 0.6) is 0 Å². The highest BCUT2D eigenvalue weighted by Crippen LogP contribution is 2.00. The van der Waals surface area contributed by atoms with Gasteiger partial charge in [-0.25, -0.2) is 9.86 Å². The van der Waals surface area contributed by atoms with Crippen molar-refractivity contribution in [3.63, 3.8) is 0 Å². The highest BCUT2D eigenvalue weighted by Gasteiger charge is 2.12. The molecule has 0 saturated heterocycles. The molecule has 1 rings (SSSR count). The number of ether oxygens (including phenoxy) is 1. The lowest BCUT2D eigenvalue weighted by atomic mass is 10.2. The van der Waals surface area contributed by atoms with Crippen molar-refractivity contribution < 1.29 is 19.2 Å². The Morgan fingerprint density at radius 3 is 2.53 bits per heavy atom. The summed E-state index contributed by atoms with van der Waals surface area (Å²) in [7, 11) is 1.40. The fourth-order valence-corrected chi connectivity index (χ4v) is 1.42. The van der Waals surface area contributed by atoms with Crippen LogP contribution in [0, 0.1) is 0 Å². The van der Waals surface area contributed by atoms with Gasteiger partial charge in [-0.05, 0) is 12.5 Å². The molecular formula is C13H18N2O4. The first-order valence-electron chi connectivity index (χ1n) is 5.96. The smallest absolute Gasteiger partial charge is 0.407 e. The van der Waals surface area contributed by atoms with Crippen LogP contribution in [0.3, 0.4) is 0 Å². The maximum absolute atomic E-state index is 11.5. The van der Waals surface area contributed by atoms with Crippen molar-refractivity contribution in [2.24, 2.45) is 0 Å². The Bertz CT molecular complexity index is 404. The molecule has 0 atom stereocenters. The SMILES string of the molecule is CCN(OC)C(=O)CNC(=O)OCc1ccccc1. The Balaban J connectivity index is 2.26. The van der Waals surface area contributed by atoms with Gasteiger partial charge in [0.05, 0.1) is 7.11 Å². The molecule has 6 heteroatoms. The van der Waals surface area contributed by atoms with Crippen molar-refractivity contribution in [1.29, 1.82) is 0 Å². The number of hydrogen-bond acceptors (Lipinski definition) is 4. The van der Waals surface area contributed by atoms with Crippen LogP contribution in [0.25, 0.3) is 0 Å². The minimum atomic E-state index is -0.635. The largest absolute Gasteiger partial charge is 0.445 e. The highest BCUT2D eigenvalue weighted by atomic mass is 16.7. The number of nitrogens with one attached hydrogen (secondary N) is 1. The summed E-state index contributed by atoms with van der Waals surface area (Å²) in [5.41, 5.74) is 0.885. The molecule has 0 heterocycles. The average Bonchev–Trinajstić information content (AvgIpc) is 2.45. The molecule has 1 N–H and O–H groups in total. The third kappa shape index (κ3) is 5.39. The van der Waals surface area contributed by atoms with Crippen molar-refractivity contribution in [3.05, 3.63) is 35.9 Å². The lowest BCUT2D eigenvalue weighted by Gasteiger charge is -2.17. The molecule has 0 bridgehead atoms. The van der Waals surface area contributed by atoms with E-state index >= 15 is 0 Å². The van der Waals surface area contributed by atoms with Gasteiger partial charge in [-0.2, -0.15) is 0 Å². The molecule has 19 heavy (non-hydrogen) atoms. The van der Waals surface area contributed by atoms with Crippen LogP contribution in [-0.2, 0) is 21.0 Å². The maximum Gasteiger partial charge on any atom is 0.407 e. The van der Waals surface area contributed by atoms with Crippen molar-refractivity contribution in [2.75, 3.05) is 20.2 Å². The van der Waals surface area contributed by atoms with Crippen molar-refractivity contribution >= 4 is 12.0 Å². The summed E-state index contributed by atoms with van der Waals surface area (Å²) in [6, 6.07) is 9.30. The summed E-state index contributed by atoms with van der Waals surface area (Å²) in [5.74, 6) is -0.332. The molecule has 1 aromatic rings. The molecule has 0 aromatic heterocycles. The van der Waals surface area contributed by atoms with Crippen LogP contribution in [0.15, 0.2) is 30.3 Å². The van der Waals surface area contributed by atoms with Crippen molar-refractivity contribution in [1.82, 2.24) is 10.4 Å². The Hall–Kier alpha value is -2.08. The molecular weight excluding hydrogens is 248 g/mol. The normalized spacial score (nSPS) is 9.79. The Labute approximate surface area is 112 Å². The fraction of sp³-hybridized carbons (Fsp3) is 0.385. The number of carbonyl (C=O) groups excluding carboxylic acids is 2. The van der Waals surface area contributed by atoms with E-state index in [9.17, 15) is 9.59 Å². The predicted molar refractivity (Wildman–Crippen MR) is 69.0 cm³/mol. The van der Waals surface area contributed by atoms with E-state index in [1.54, 1.807) is 6.92 Å². The maximum atomic E-state index is 11.5. The van der Waals surface area contributed by atoms with Gasteiger partial charge in [0.15, 0.2) is 0 Å². The first-order valence-corrected chi connectivity index (χ1v) is 5.96.